The van der Waals surface area contributed by atoms with E-state index in [2.05, 4.69) is 0 Å². The Morgan fingerprint density at radius 3 is 2.86 bits per heavy atom. The number of rotatable bonds is 4. The standard InChI is InChI=1S/C17H17NO3S/c1-20-14-6-4-13(5-7-14)17-18(10-12-22-17)16(19)9-8-15-3-2-11-21-15/h2-9,11,17H,10,12H2,1H3/b9-8+. The third-order valence-electron chi connectivity index (χ3n) is 3.51. The van der Waals surface area contributed by atoms with Gasteiger partial charge >= 0.3 is 0 Å². The smallest absolute Gasteiger partial charge is 0.247 e. The van der Waals surface area contributed by atoms with Gasteiger partial charge < -0.3 is 14.1 Å². The fourth-order valence-electron chi connectivity index (χ4n) is 2.38. The molecule has 1 unspecified atom stereocenters. The average Bonchev–Trinajstić information content (AvgIpc) is 3.24. The predicted molar refractivity (Wildman–Crippen MR) is 87.6 cm³/mol. The predicted octanol–water partition coefficient (Wildman–Crippen LogP) is 3.58. The van der Waals surface area contributed by atoms with Gasteiger partial charge in [0.15, 0.2) is 0 Å². The molecule has 1 aliphatic heterocycles. The second-order valence-electron chi connectivity index (χ2n) is 4.88. The molecule has 1 amide bonds. The molecule has 1 aliphatic rings. The molecule has 4 nitrogen and oxygen atoms in total. The molecule has 0 spiro atoms. The van der Waals surface area contributed by atoms with Gasteiger partial charge in [-0.05, 0) is 35.9 Å². The second kappa shape index (κ2) is 6.75. The van der Waals surface area contributed by atoms with Crippen LogP contribution in [0.2, 0.25) is 0 Å². The van der Waals surface area contributed by atoms with Gasteiger partial charge in [-0.25, -0.2) is 0 Å². The van der Waals surface area contributed by atoms with Crippen LogP contribution in [0.3, 0.4) is 0 Å². The van der Waals surface area contributed by atoms with Gasteiger partial charge in [0, 0.05) is 18.4 Å². The van der Waals surface area contributed by atoms with Gasteiger partial charge in [-0.15, -0.1) is 11.8 Å². The van der Waals surface area contributed by atoms with Crippen molar-refractivity contribution in [2.75, 3.05) is 19.4 Å². The number of carbonyl (C=O) groups is 1. The van der Waals surface area contributed by atoms with Crippen molar-refractivity contribution in [3.63, 3.8) is 0 Å². The van der Waals surface area contributed by atoms with E-state index >= 15 is 0 Å². The number of benzene rings is 1. The van der Waals surface area contributed by atoms with Crippen molar-refractivity contribution in [1.29, 1.82) is 0 Å². The lowest BCUT2D eigenvalue weighted by molar-refractivity contribution is -0.126. The Morgan fingerprint density at radius 1 is 1.36 bits per heavy atom. The number of amides is 1. The van der Waals surface area contributed by atoms with Crippen LogP contribution in [0.15, 0.2) is 53.2 Å². The largest absolute Gasteiger partial charge is 0.497 e. The SMILES string of the molecule is COc1ccc(C2SCCN2C(=O)/C=C/c2ccco2)cc1. The average molecular weight is 315 g/mol. The van der Waals surface area contributed by atoms with Crippen LogP contribution in [0, 0.1) is 0 Å². The molecule has 3 rings (SSSR count). The van der Waals surface area contributed by atoms with E-state index in [4.69, 9.17) is 9.15 Å². The molecule has 5 heteroatoms. The number of nitrogens with zero attached hydrogens (tertiary/aromatic N) is 1. The van der Waals surface area contributed by atoms with Crippen LogP contribution in [0.1, 0.15) is 16.7 Å². The summed E-state index contributed by atoms with van der Waals surface area (Å²) in [5, 5.41) is 0.0552. The van der Waals surface area contributed by atoms with Crippen molar-refractivity contribution in [3.05, 3.63) is 60.1 Å². The van der Waals surface area contributed by atoms with Gasteiger partial charge in [0.25, 0.3) is 0 Å². The first-order valence-corrected chi connectivity index (χ1v) is 8.10. The molecular formula is C17H17NO3S. The first kappa shape index (κ1) is 14.8. The monoisotopic (exact) mass is 315 g/mol. The summed E-state index contributed by atoms with van der Waals surface area (Å²) in [6.07, 6.45) is 4.87. The highest BCUT2D eigenvalue weighted by Crippen LogP contribution is 2.38. The lowest BCUT2D eigenvalue weighted by Gasteiger charge is -2.23. The maximum atomic E-state index is 12.4. The van der Waals surface area contributed by atoms with Crippen molar-refractivity contribution in [2.45, 2.75) is 5.37 Å². The summed E-state index contributed by atoms with van der Waals surface area (Å²) in [5.41, 5.74) is 1.11. The highest BCUT2D eigenvalue weighted by atomic mass is 32.2. The van der Waals surface area contributed by atoms with Gasteiger partial charge in [0.2, 0.25) is 5.91 Å². The summed E-state index contributed by atoms with van der Waals surface area (Å²) >= 11 is 1.78. The molecule has 1 aromatic heterocycles. The van der Waals surface area contributed by atoms with Gasteiger partial charge in [0.1, 0.15) is 16.9 Å². The third kappa shape index (κ3) is 3.20. The normalized spacial score (nSPS) is 18.0. The van der Waals surface area contributed by atoms with E-state index in [1.807, 2.05) is 35.2 Å². The summed E-state index contributed by atoms with van der Waals surface area (Å²) in [4.78, 5) is 14.3. The van der Waals surface area contributed by atoms with Crippen LogP contribution in [-0.2, 0) is 4.79 Å². The molecule has 0 saturated carbocycles. The van der Waals surface area contributed by atoms with E-state index in [0.29, 0.717) is 5.76 Å². The first-order valence-electron chi connectivity index (χ1n) is 7.05. The minimum Gasteiger partial charge on any atom is -0.497 e. The quantitative estimate of drug-likeness (QED) is 0.809. The maximum absolute atomic E-state index is 12.4. The molecular weight excluding hydrogens is 298 g/mol. The van der Waals surface area contributed by atoms with Gasteiger partial charge in [-0.1, -0.05) is 12.1 Å². The first-order chi connectivity index (χ1) is 10.8. The molecule has 1 atom stereocenters. The number of hydrogen-bond donors (Lipinski definition) is 0. The van der Waals surface area contributed by atoms with E-state index in [1.165, 1.54) is 0 Å². The molecule has 1 aromatic carbocycles. The fourth-order valence-corrected chi connectivity index (χ4v) is 3.64. The summed E-state index contributed by atoms with van der Waals surface area (Å²) in [7, 11) is 1.65. The van der Waals surface area contributed by atoms with Crippen LogP contribution in [0.5, 0.6) is 5.75 Å². The minimum absolute atomic E-state index is 0.00205. The van der Waals surface area contributed by atoms with Crippen molar-refractivity contribution >= 4 is 23.7 Å². The summed E-state index contributed by atoms with van der Waals surface area (Å²) < 4.78 is 10.4. The van der Waals surface area contributed by atoms with Crippen molar-refractivity contribution in [2.24, 2.45) is 0 Å². The Labute approximate surface area is 133 Å². The Balaban J connectivity index is 1.73. The summed E-state index contributed by atoms with van der Waals surface area (Å²) in [5.74, 6) is 2.45. The number of ether oxygens (including phenoxy) is 1. The molecule has 0 radical (unpaired) electrons. The van der Waals surface area contributed by atoms with E-state index in [1.54, 1.807) is 43.4 Å². The minimum atomic E-state index is 0.00205. The molecule has 0 N–H and O–H groups in total. The molecule has 0 aliphatic carbocycles. The number of furan rings is 1. The molecule has 2 aromatic rings. The number of thioether (sulfide) groups is 1. The van der Waals surface area contributed by atoms with Crippen molar-refractivity contribution < 1.29 is 13.9 Å². The zero-order chi connectivity index (χ0) is 15.4. The van der Waals surface area contributed by atoms with Crippen LogP contribution < -0.4 is 4.74 Å². The van der Waals surface area contributed by atoms with Gasteiger partial charge in [0.05, 0.1) is 13.4 Å². The molecule has 1 fully saturated rings. The zero-order valence-corrected chi connectivity index (χ0v) is 13.1. The van der Waals surface area contributed by atoms with Crippen molar-refractivity contribution in [1.82, 2.24) is 4.90 Å². The zero-order valence-electron chi connectivity index (χ0n) is 12.3. The van der Waals surface area contributed by atoms with Crippen molar-refractivity contribution in [3.8, 4) is 5.75 Å². The van der Waals surface area contributed by atoms with Gasteiger partial charge in [-0.2, -0.15) is 0 Å². The molecule has 1 saturated heterocycles. The van der Waals surface area contributed by atoms with Crippen LogP contribution >= 0.6 is 11.8 Å². The van der Waals surface area contributed by atoms with E-state index in [9.17, 15) is 4.79 Å². The molecule has 22 heavy (non-hydrogen) atoms. The van der Waals surface area contributed by atoms with Crippen LogP contribution in [0.4, 0.5) is 0 Å². The number of hydrogen-bond acceptors (Lipinski definition) is 4. The Bertz CT molecular complexity index is 649. The Hall–Kier alpha value is -2.14. The number of methoxy groups -OCH3 is 1. The molecule has 114 valence electrons. The Morgan fingerprint density at radius 2 is 2.18 bits per heavy atom. The highest BCUT2D eigenvalue weighted by molar-refractivity contribution is 7.99. The topological polar surface area (TPSA) is 42.7 Å². The number of carbonyl (C=O) groups excluding carboxylic acids is 1. The lowest BCUT2D eigenvalue weighted by Crippen LogP contribution is -2.28. The van der Waals surface area contributed by atoms with E-state index < -0.39 is 0 Å². The fraction of sp³-hybridized carbons (Fsp3) is 0.235. The lowest BCUT2D eigenvalue weighted by atomic mass is 10.2. The molecule has 0 bridgehead atoms. The highest BCUT2D eigenvalue weighted by Gasteiger charge is 2.29. The summed E-state index contributed by atoms with van der Waals surface area (Å²) in [6.45, 7) is 0.753. The Kier molecular flexibility index (Phi) is 4.53. The third-order valence-corrected chi connectivity index (χ3v) is 4.77. The van der Waals surface area contributed by atoms with Crippen LogP contribution in [0.25, 0.3) is 6.08 Å². The van der Waals surface area contributed by atoms with E-state index in [-0.39, 0.29) is 11.3 Å². The summed E-state index contributed by atoms with van der Waals surface area (Å²) in [6, 6.07) is 11.5. The van der Waals surface area contributed by atoms with E-state index in [0.717, 1.165) is 23.6 Å². The van der Waals surface area contributed by atoms with Gasteiger partial charge in [-0.3, -0.25) is 4.79 Å². The van der Waals surface area contributed by atoms with Crippen LogP contribution in [-0.4, -0.2) is 30.2 Å². The second-order valence-corrected chi connectivity index (χ2v) is 6.06. The molecule has 2 heterocycles. The maximum Gasteiger partial charge on any atom is 0.247 e.